The topological polar surface area (TPSA) is 46.9 Å². The van der Waals surface area contributed by atoms with Crippen molar-refractivity contribution >= 4 is 17.5 Å². The van der Waals surface area contributed by atoms with Gasteiger partial charge in [-0.15, -0.1) is 11.6 Å². The van der Waals surface area contributed by atoms with E-state index in [1.54, 1.807) is 4.68 Å². The van der Waals surface area contributed by atoms with Crippen LogP contribution in [0.25, 0.3) is 11.3 Å². The maximum Gasteiger partial charge on any atom is 0.235 e. The number of halogens is 1. The number of rotatable bonds is 4. The van der Waals surface area contributed by atoms with E-state index < -0.39 is 0 Å². The molecule has 0 aliphatic heterocycles. The molecule has 2 rings (SSSR count). The number of aromatic nitrogens is 2. The lowest BCUT2D eigenvalue weighted by Crippen LogP contribution is -2.24. The van der Waals surface area contributed by atoms with Gasteiger partial charge in [0.2, 0.25) is 5.91 Å². The summed E-state index contributed by atoms with van der Waals surface area (Å²) >= 11 is 5.42. The number of amides is 1. The third-order valence-electron chi connectivity index (χ3n) is 2.63. The van der Waals surface area contributed by atoms with E-state index in [4.69, 9.17) is 11.6 Å². The first-order valence-corrected chi connectivity index (χ1v) is 6.15. The van der Waals surface area contributed by atoms with Crippen LogP contribution in [0.2, 0.25) is 0 Å². The van der Waals surface area contributed by atoms with Gasteiger partial charge in [-0.3, -0.25) is 9.48 Å². The van der Waals surface area contributed by atoms with Gasteiger partial charge in [0.15, 0.2) is 0 Å². The minimum Gasteiger partial charge on any atom is -0.349 e. The maximum absolute atomic E-state index is 11.1. The monoisotopic (exact) mass is 263 g/mol. The van der Waals surface area contributed by atoms with Crippen LogP contribution in [-0.4, -0.2) is 21.6 Å². The lowest BCUT2D eigenvalue weighted by Gasteiger charge is -2.02. The van der Waals surface area contributed by atoms with Crippen molar-refractivity contribution in [3.63, 3.8) is 0 Å². The number of carbonyl (C=O) groups excluding carboxylic acids is 1. The van der Waals surface area contributed by atoms with Crippen molar-refractivity contribution in [1.82, 2.24) is 15.1 Å². The Hall–Kier alpha value is -1.81. The highest BCUT2D eigenvalue weighted by molar-refractivity contribution is 6.27. The van der Waals surface area contributed by atoms with Gasteiger partial charge in [0.05, 0.1) is 17.9 Å². The molecule has 0 bridgehead atoms. The summed E-state index contributed by atoms with van der Waals surface area (Å²) in [4.78, 5) is 11.1. The van der Waals surface area contributed by atoms with Gasteiger partial charge in [0.25, 0.3) is 0 Å². The van der Waals surface area contributed by atoms with Crippen LogP contribution < -0.4 is 5.32 Å². The number of nitrogens with one attached hydrogen (secondary N) is 1. The molecule has 0 fully saturated rings. The SMILES string of the molecule is Cn1nc(-c2ccccc2)cc1CNC(=O)CCl. The number of benzene rings is 1. The molecule has 94 valence electrons. The average Bonchev–Trinajstić information content (AvgIpc) is 2.78. The summed E-state index contributed by atoms with van der Waals surface area (Å²) < 4.78 is 1.76. The number of alkyl halides is 1. The van der Waals surface area contributed by atoms with Gasteiger partial charge in [0.1, 0.15) is 5.88 Å². The molecule has 0 atom stereocenters. The van der Waals surface area contributed by atoms with Gasteiger partial charge in [-0.05, 0) is 6.07 Å². The van der Waals surface area contributed by atoms with Crippen molar-refractivity contribution in [3.05, 3.63) is 42.1 Å². The van der Waals surface area contributed by atoms with Crippen LogP contribution in [0.4, 0.5) is 0 Å². The average molecular weight is 264 g/mol. The van der Waals surface area contributed by atoms with Crippen molar-refractivity contribution in [2.45, 2.75) is 6.54 Å². The molecule has 0 aliphatic carbocycles. The van der Waals surface area contributed by atoms with Gasteiger partial charge >= 0.3 is 0 Å². The smallest absolute Gasteiger partial charge is 0.235 e. The molecule has 1 amide bonds. The molecule has 0 saturated heterocycles. The van der Waals surface area contributed by atoms with Gasteiger partial charge in [0, 0.05) is 12.6 Å². The second kappa shape index (κ2) is 5.69. The Morgan fingerprint density at radius 1 is 1.39 bits per heavy atom. The molecule has 0 radical (unpaired) electrons. The molecule has 0 aliphatic rings. The van der Waals surface area contributed by atoms with Crippen molar-refractivity contribution in [2.75, 3.05) is 5.88 Å². The zero-order valence-electron chi connectivity index (χ0n) is 10.1. The van der Waals surface area contributed by atoms with E-state index in [1.165, 1.54) is 0 Å². The van der Waals surface area contributed by atoms with Crippen LogP contribution in [0.15, 0.2) is 36.4 Å². The first-order chi connectivity index (χ1) is 8.70. The molecule has 1 aromatic heterocycles. The Labute approximate surface area is 111 Å². The van der Waals surface area contributed by atoms with E-state index in [1.807, 2.05) is 43.4 Å². The van der Waals surface area contributed by atoms with Crippen molar-refractivity contribution in [2.24, 2.45) is 7.05 Å². The Balaban J connectivity index is 2.15. The summed E-state index contributed by atoms with van der Waals surface area (Å²) in [6, 6.07) is 11.9. The Kier molecular flexibility index (Phi) is 3.99. The van der Waals surface area contributed by atoms with Crippen LogP contribution in [0.3, 0.4) is 0 Å². The molecule has 1 aromatic carbocycles. The molecular formula is C13H14ClN3O. The highest BCUT2D eigenvalue weighted by Crippen LogP contribution is 2.18. The van der Waals surface area contributed by atoms with Crippen LogP contribution in [0.1, 0.15) is 5.69 Å². The Morgan fingerprint density at radius 2 is 2.11 bits per heavy atom. The fraction of sp³-hybridized carbons (Fsp3) is 0.231. The lowest BCUT2D eigenvalue weighted by atomic mass is 10.1. The van der Waals surface area contributed by atoms with E-state index in [-0.39, 0.29) is 11.8 Å². The van der Waals surface area contributed by atoms with Crippen LogP contribution in [0, 0.1) is 0 Å². The van der Waals surface area contributed by atoms with E-state index in [0.717, 1.165) is 17.0 Å². The standard InChI is InChI=1S/C13H14ClN3O/c1-17-11(9-15-13(18)8-14)7-12(16-17)10-5-3-2-4-6-10/h2-7H,8-9H2,1H3,(H,15,18). The number of hydrogen-bond acceptors (Lipinski definition) is 2. The number of aryl methyl sites for hydroxylation is 1. The number of hydrogen-bond donors (Lipinski definition) is 1. The predicted molar refractivity (Wildman–Crippen MR) is 71.2 cm³/mol. The zero-order chi connectivity index (χ0) is 13.0. The molecule has 2 aromatic rings. The van der Waals surface area contributed by atoms with E-state index in [2.05, 4.69) is 10.4 Å². The molecule has 5 heteroatoms. The number of carbonyl (C=O) groups is 1. The second-order valence-corrected chi connectivity index (χ2v) is 4.19. The van der Waals surface area contributed by atoms with Crippen molar-refractivity contribution in [1.29, 1.82) is 0 Å². The van der Waals surface area contributed by atoms with Gasteiger partial charge in [-0.2, -0.15) is 5.10 Å². The second-order valence-electron chi connectivity index (χ2n) is 3.92. The fourth-order valence-electron chi connectivity index (χ4n) is 1.66. The first kappa shape index (κ1) is 12.6. The Bertz CT molecular complexity index is 536. The molecule has 18 heavy (non-hydrogen) atoms. The van der Waals surface area contributed by atoms with Crippen LogP contribution in [0.5, 0.6) is 0 Å². The van der Waals surface area contributed by atoms with Gasteiger partial charge in [-0.1, -0.05) is 30.3 Å². The summed E-state index contributed by atoms with van der Waals surface area (Å²) in [6.45, 7) is 0.432. The Morgan fingerprint density at radius 3 is 2.78 bits per heavy atom. The van der Waals surface area contributed by atoms with Crippen molar-refractivity contribution in [3.8, 4) is 11.3 Å². The van der Waals surface area contributed by atoms with Crippen LogP contribution >= 0.6 is 11.6 Å². The first-order valence-electron chi connectivity index (χ1n) is 5.61. The quantitative estimate of drug-likeness (QED) is 0.857. The molecular weight excluding hydrogens is 250 g/mol. The summed E-state index contributed by atoms with van der Waals surface area (Å²) in [5, 5.41) is 7.14. The van der Waals surface area contributed by atoms with Crippen molar-refractivity contribution < 1.29 is 4.79 Å². The van der Waals surface area contributed by atoms with E-state index in [0.29, 0.717) is 6.54 Å². The summed E-state index contributed by atoms with van der Waals surface area (Å²) in [6.07, 6.45) is 0. The molecule has 0 unspecified atom stereocenters. The molecule has 4 nitrogen and oxygen atoms in total. The minimum atomic E-state index is -0.181. The van der Waals surface area contributed by atoms with Gasteiger partial charge < -0.3 is 5.32 Å². The van der Waals surface area contributed by atoms with E-state index >= 15 is 0 Å². The normalized spacial score (nSPS) is 10.3. The largest absolute Gasteiger partial charge is 0.349 e. The van der Waals surface area contributed by atoms with E-state index in [9.17, 15) is 4.79 Å². The third kappa shape index (κ3) is 2.90. The summed E-state index contributed by atoms with van der Waals surface area (Å²) in [5.41, 5.74) is 2.89. The van der Waals surface area contributed by atoms with Crippen LogP contribution in [-0.2, 0) is 18.4 Å². The third-order valence-corrected chi connectivity index (χ3v) is 2.88. The molecule has 1 heterocycles. The molecule has 0 spiro atoms. The molecule has 0 saturated carbocycles. The summed E-state index contributed by atoms with van der Waals surface area (Å²) in [5.74, 6) is -0.206. The highest BCUT2D eigenvalue weighted by atomic mass is 35.5. The highest BCUT2D eigenvalue weighted by Gasteiger charge is 2.07. The number of nitrogens with zero attached hydrogens (tertiary/aromatic N) is 2. The zero-order valence-corrected chi connectivity index (χ0v) is 10.8. The lowest BCUT2D eigenvalue weighted by molar-refractivity contribution is -0.118. The predicted octanol–water partition coefficient (Wildman–Crippen LogP) is 1.94. The molecule has 1 N–H and O–H groups in total. The minimum absolute atomic E-state index is 0.0244. The maximum atomic E-state index is 11.1. The summed E-state index contributed by atoms with van der Waals surface area (Å²) in [7, 11) is 1.86. The fourth-order valence-corrected chi connectivity index (χ4v) is 1.75. The van der Waals surface area contributed by atoms with Gasteiger partial charge in [-0.25, -0.2) is 0 Å².